The SMILES string of the molecule is Cc1cc(CC(=O)O)cc(F)c1C(F)(F)F. The van der Waals surface area contributed by atoms with E-state index in [1.165, 1.54) is 0 Å². The number of benzene rings is 1. The summed E-state index contributed by atoms with van der Waals surface area (Å²) in [5, 5.41) is 8.43. The van der Waals surface area contributed by atoms with Crippen molar-refractivity contribution in [1.82, 2.24) is 0 Å². The molecule has 0 heterocycles. The van der Waals surface area contributed by atoms with Gasteiger partial charge in [-0.25, -0.2) is 4.39 Å². The number of carbonyl (C=O) groups is 1. The van der Waals surface area contributed by atoms with Crippen molar-refractivity contribution in [3.05, 3.63) is 34.6 Å². The van der Waals surface area contributed by atoms with Crippen LogP contribution in [0.4, 0.5) is 17.6 Å². The fourth-order valence-electron chi connectivity index (χ4n) is 1.45. The van der Waals surface area contributed by atoms with Crippen LogP contribution in [-0.2, 0) is 17.4 Å². The van der Waals surface area contributed by atoms with Gasteiger partial charge in [0.15, 0.2) is 0 Å². The van der Waals surface area contributed by atoms with E-state index in [0.29, 0.717) is 6.07 Å². The van der Waals surface area contributed by atoms with Gasteiger partial charge in [0.05, 0.1) is 12.0 Å². The zero-order valence-corrected chi connectivity index (χ0v) is 8.23. The summed E-state index contributed by atoms with van der Waals surface area (Å²) in [6.45, 7) is 1.09. The quantitative estimate of drug-likeness (QED) is 0.801. The molecule has 0 aliphatic heterocycles. The maximum absolute atomic E-state index is 13.1. The lowest BCUT2D eigenvalue weighted by Crippen LogP contribution is -2.12. The minimum Gasteiger partial charge on any atom is -0.481 e. The molecular weight excluding hydrogens is 228 g/mol. The van der Waals surface area contributed by atoms with E-state index < -0.39 is 29.9 Å². The van der Waals surface area contributed by atoms with Gasteiger partial charge in [0.2, 0.25) is 0 Å². The van der Waals surface area contributed by atoms with Crippen LogP contribution in [0.15, 0.2) is 12.1 Å². The summed E-state index contributed by atoms with van der Waals surface area (Å²) in [6, 6.07) is 1.63. The summed E-state index contributed by atoms with van der Waals surface area (Å²) in [5.74, 6) is -2.66. The van der Waals surface area contributed by atoms with Crippen LogP contribution in [0, 0.1) is 12.7 Å². The van der Waals surface area contributed by atoms with Gasteiger partial charge >= 0.3 is 12.1 Å². The van der Waals surface area contributed by atoms with Gasteiger partial charge in [-0.3, -0.25) is 4.79 Å². The van der Waals surface area contributed by atoms with Crippen molar-refractivity contribution in [2.45, 2.75) is 19.5 Å². The van der Waals surface area contributed by atoms with Gasteiger partial charge in [0, 0.05) is 0 Å². The summed E-state index contributed by atoms with van der Waals surface area (Å²) >= 11 is 0. The number of hydrogen-bond donors (Lipinski definition) is 1. The van der Waals surface area contributed by atoms with Crippen molar-refractivity contribution in [3.63, 3.8) is 0 Å². The molecule has 16 heavy (non-hydrogen) atoms. The minimum absolute atomic E-state index is 0.00972. The van der Waals surface area contributed by atoms with Crippen LogP contribution < -0.4 is 0 Å². The summed E-state index contributed by atoms with van der Waals surface area (Å²) in [6.07, 6.45) is -5.27. The fourth-order valence-corrected chi connectivity index (χ4v) is 1.45. The standard InChI is InChI=1S/C10H8F4O2/c1-5-2-6(4-8(15)16)3-7(11)9(5)10(12,13)14/h2-3H,4H2,1H3,(H,15,16). The lowest BCUT2D eigenvalue weighted by Gasteiger charge is -2.12. The topological polar surface area (TPSA) is 37.3 Å². The van der Waals surface area contributed by atoms with Gasteiger partial charge in [0.1, 0.15) is 5.82 Å². The Kier molecular flexibility index (Phi) is 3.21. The molecule has 0 amide bonds. The monoisotopic (exact) mass is 236 g/mol. The third kappa shape index (κ3) is 2.71. The van der Waals surface area contributed by atoms with Crippen LogP contribution in [0.25, 0.3) is 0 Å². The van der Waals surface area contributed by atoms with E-state index in [1.54, 1.807) is 0 Å². The summed E-state index contributed by atoms with van der Waals surface area (Å²) in [7, 11) is 0. The summed E-state index contributed by atoms with van der Waals surface area (Å²) < 4.78 is 50.2. The number of carboxylic acids is 1. The first kappa shape index (κ1) is 12.5. The highest BCUT2D eigenvalue weighted by atomic mass is 19.4. The fraction of sp³-hybridized carbons (Fsp3) is 0.300. The predicted octanol–water partition coefficient (Wildman–Crippen LogP) is 2.78. The molecule has 0 fully saturated rings. The Labute approximate surface area is 88.5 Å². The lowest BCUT2D eigenvalue weighted by molar-refractivity contribution is -0.140. The first-order valence-corrected chi connectivity index (χ1v) is 4.30. The van der Waals surface area contributed by atoms with E-state index in [1.807, 2.05) is 0 Å². The molecule has 0 unspecified atom stereocenters. The van der Waals surface area contributed by atoms with Gasteiger partial charge in [-0.2, -0.15) is 13.2 Å². The highest BCUT2D eigenvalue weighted by Crippen LogP contribution is 2.34. The number of halogens is 4. The number of hydrogen-bond acceptors (Lipinski definition) is 1. The molecule has 0 aromatic heterocycles. The average molecular weight is 236 g/mol. The maximum atomic E-state index is 13.1. The number of alkyl halides is 3. The number of aliphatic carboxylic acids is 1. The smallest absolute Gasteiger partial charge is 0.419 e. The molecular formula is C10H8F4O2. The first-order valence-electron chi connectivity index (χ1n) is 4.30. The molecule has 88 valence electrons. The van der Waals surface area contributed by atoms with Crippen molar-refractivity contribution >= 4 is 5.97 Å². The average Bonchev–Trinajstić information content (AvgIpc) is 1.96. The van der Waals surface area contributed by atoms with Gasteiger partial charge in [-0.1, -0.05) is 6.07 Å². The molecule has 1 N–H and O–H groups in total. The van der Waals surface area contributed by atoms with Crippen LogP contribution >= 0.6 is 0 Å². The Morgan fingerprint density at radius 1 is 1.38 bits per heavy atom. The lowest BCUT2D eigenvalue weighted by atomic mass is 10.0. The molecule has 0 radical (unpaired) electrons. The number of carboxylic acid groups (broad SMARTS) is 1. The molecule has 6 heteroatoms. The molecule has 0 spiro atoms. The predicted molar refractivity (Wildman–Crippen MR) is 47.5 cm³/mol. The molecule has 1 aromatic rings. The van der Waals surface area contributed by atoms with Crippen LogP contribution in [0.3, 0.4) is 0 Å². The molecule has 2 nitrogen and oxygen atoms in total. The van der Waals surface area contributed by atoms with Crippen molar-refractivity contribution in [2.75, 3.05) is 0 Å². The largest absolute Gasteiger partial charge is 0.481 e. The van der Waals surface area contributed by atoms with Crippen molar-refractivity contribution in [2.24, 2.45) is 0 Å². The highest BCUT2D eigenvalue weighted by Gasteiger charge is 2.36. The number of aryl methyl sites for hydroxylation is 1. The van der Waals surface area contributed by atoms with E-state index in [2.05, 4.69) is 0 Å². The van der Waals surface area contributed by atoms with Crippen molar-refractivity contribution in [3.8, 4) is 0 Å². The molecule has 0 saturated heterocycles. The Morgan fingerprint density at radius 3 is 2.31 bits per heavy atom. The third-order valence-corrected chi connectivity index (χ3v) is 1.99. The van der Waals surface area contributed by atoms with E-state index >= 15 is 0 Å². The molecule has 1 rings (SSSR count). The van der Waals surface area contributed by atoms with Gasteiger partial charge in [-0.15, -0.1) is 0 Å². The van der Waals surface area contributed by atoms with E-state index in [9.17, 15) is 22.4 Å². The normalized spacial score (nSPS) is 11.6. The molecule has 0 bridgehead atoms. The van der Waals surface area contributed by atoms with E-state index in [0.717, 1.165) is 13.0 Å². The van der Waals surface area contributed by atoms with E-state index in [-0.39, 0.29) is 11.1 Å². The van der Waals surface area contributed by atoms with Crippen LogP contribution in [0.5, 0.6) is 0 Å². The molecule has 0 aliphatic rings. The highest BCUT2D eigenvalue weighted by molar-refractivity contribution is 5.70. The molecule has 0 atom stereocenters. The zero-order valence-electron chi connectivity index (χ0n) is 8.23. The second-order valence-corrected chi connectivity index (χ2v) is 3.34. The Hall–Kier alpha value is -1.59. The minimum atomic E-state index is -4.77. The van der Waals surface area contributed by atoms with E-state index in [4.69, 9.17) is 5.11 Å². The second-order valence-electron chi connectivity index (χ2n) is 3.34. The van der Waals surface area contributed by atoms with Crippen LogP contribution in [0.1, 0.15) is 16.7 Å². The molecule has 1 aromatic carbocycles. The van der Waals surface area contributed by atoms with Crippen LogP contribution in [-0.4, -0.2) is 11.1 Å². The van der Waals surface area contributed by atoms with Gasteiger partial charge in [-0.05, 0) is 24.1 Å². The molecule has 0 saturated carbocycles. The van der Waals surface area contributed by atoms with Gasteiger partial charge < -0.3 is 5.11 Å². The Bertz CT molecular complexity index is 400. The van der Waals surface area contributed by atoms with Crippen molar-refractivity contribution in [1.29, 1.82) is 0 Å². The van der Waals surface area contributed by atoms with Crippen molar-refractivity contribution < 1.29 is 27.5 Å². The summed E-state index contributed by atoms with van der Waals surface area (Å²) in [5.41, 5.74) is -1.65. The first-order chi connectivity index (χ1) is 7.21. The maximum Gasteiger partial charge on any atom is 0.419 e. The van der Waals surface area contributed by atoms with Crippen LogP contribution in [0.2, 0.25) is 0 Å². The van der Waals surface area contributed by atoms with Gasteiger partial charge in [0.25, 0.3) is 0 Å². The Balaban J connectivity index is 3.23. The number of rotatable bonds is 2. The zero-order chi connectivity index (χ0) is 12.5. The third-order valence-electron chi connectivity index (χ3n) is 1.99. The Morgan fingerprint density at radius 2 is 1.94 bits per heavy atom. The summed E-state index contributed by atoms with van der Waals surface area (Å²) in [4.78, 5) is 10.3. The second kappa shape index (κ2) is 4.11. The molecule has 0 aliphatic carbocycles.